The van der Waals surface area contributed by atoms with Crippen LogP contribution in [0.3, 0.4) is 0 Å². The van der Waals surface area contributed by atoms with Gasteiger partial charge in [0.25, 0.3) is 11.8 Å². The number of rotatable bonds is 5. The number of phenols is 1. The first-order valence-corrected chi connectivity index (χ1v) is 10.5. The van der Waals surface area contributed by atoms with Gasteiger partial charge in [0, 0.05) is 24.3 Å². The highest BCUT2D eigenvalue weighted by molar-refractivity contribution is 6.05. The Morgan fingerprint density at radius 3 is 2.77 bits per heavy atom. The minimum Gasteiger partial charge on any atom is -0.506 e. The van der Waals surface area contributed by atoms with Crippen LogP contribution in [-0.2, 0) is 0 Å². The summed E-state index contributed by atoms with van der Waals surface area (Å²) in [5.41, 5.74) is 1.66. The minimum atomic E-state index is -0.409. The Hall–Kier alpha value is -3.35. The maximum absolute atomic E-state index is 13.1. The van der Waals surface area contributed by atoms with Crippen LogP contribution in [0.25, 0.3) is 5.65 Å². The van der Waals surface area contributed by atoms with E-state index in [1.165, 1.54) is 18.7 Å². The number of anilines is 1. The van der Waals surface area contributed by atoms with E-state index in [1.54, 1.807) is 28.8 Å². The van der Waals surface area contributed by atoms with Crippen LogP contribution in [-0.4, -0.2) is 43.8 Å². The molecule has 1 aliphatic rings. The van der Waals surface area contributed by atoms with Crippen molar-refractivity contribution in [2.24, 2.45) is 0 Å². The molecule has 4 rings (SSSR count). The third kappa shape index (κ3) is 3.87. The summed E-state index contributed by atoms with van der Waals surface area (Å²) >= 11 is 0. The molecule has 1 aromatic carbocycles. The van der Waals surface area contributed by atoms with Gasteiger partial charge < -0.3 is 15.3 Å². The van der Waals surface area contributed by atoms with Crippen molar-refractivity contribution < 1.29 is 14.7 Å². The molecule has 2 amide bonds. The molecule has 0 unspecified atom stereocenters. The summed E-state index contributed by atoms with van der Waals surface area (Å²) in [5, 5.41) is 13.0. The molecule has 1 saturated carbocycles. The molecule has 0 saturated heterocycles. The van der Waals surface area contributed by atoms with Gasteiger partial charge in [0.1, 0.15) is 17.1 Å². The standard InChI is InChI=1S/C23H26N4O3/c1-2-26(17-8-4-3-5-9-17)23(30)16-11-12-20(28)18(14-16)25-22(29)19-15-24-21-10-6-7-13-27(19)21/h6-7,10-15,17,28H,2-5,8-9H2,1H3,(H,25,29). The number of benzene rings is 1. The van der Waals surface area contributed by atoms with Crippen molar-refractivity contribution in [3.05, 3.63) is 60.0 Å². The first-order valence-electron chi connectivity index (χ1n) is 10.5. The number of aromatic nitrogens is 2. The molecule has 0 aliphatic heterocycles. The van der Waals surface area contributed by atoms with Gasteiger partial charge in [-0.25, -0.2) is 4.98 Å². The molecule has 1 aliphatic carbocycles. The minimum absolute atomic E-state index is 0.0744. The second-order valence-electron chi connectivity index (χ2n) is 7.64. The number of imidazole rings is 1. The maximum atomic E-state index is 13.1. The van der Waals surface area contributed by atoms with E-state index >= 15 is 0 Å². The van der Waals surface area contributed by atoms with Gasteiger partial charge in [0.05, 0.1) is 11.9 Å². The number of amides is 2. The van der Waals surface area contributed by atoms with Gasteiger partial charge in [-0.1, -0.05) is 25.3 Å². The quantitative estimate of drug-likeness (QED) is 0.625. The zero-order valence-corrected chi connectivity index (χ0v) is 17.0. The third-order valence-corrected chi connectivity index (χ3v) is 5.76. The molecule has 156 valence electrons. The van der Waals surface area contributed by atoms with Gasteiger partial charge in [-0.05, 0) is 50.1 Å². The Morgan fingerprint density at radius 2 is 2.00 bits per heavy atom. The van der Waals surface area contributed by atoms with Gasteiger partial charge in [-0.3, -0.25) is 14.0 Å². The summed E-state index contributed by atoms with van der Waals surface area (Å²) in [7, 11) is 0. The van der Waals surface area contributed by atoms with Crippen molar-refractivity contribution in [2.45, 2.75) is 45.1 Å². The van der Waals surface area contributed by atoms with E-state index in [2.05, 4.69) is 10.3 Å². The molecule has 0 atom stereocenters. The van der Waals surface area contributed by atoms with E-state index < -0.39 is 5.91 Å². The van der Waals surface area contributed by atoms with Crippen LogP contribution in [0.1, 0.15) is 59.9 Å². The van der Waals surface area contributed by atoms with Crippen LogP contribution >= 0.6 is 0 Å². The summed E-state index contributed by atoms with van der Waals surface area (Å²) in [6.07, 6.45) is 8.79. The van der Waals surface area contributed by atoms with Gasteiger partial charge >= 0.3 is 0 Å². The van der Waals surface area contributed by atoms with E-state index in [-0.39, 0.29) is 23.4 Å². The van der Waals surface area contributed by atoms with E-state index in [0.717, 1.165) is 25.7 Å². The molecule has 30 heavy (non-hydrogen) atoms. The van der Waals surface area contributed by atoms with E-state index in [1.807, 2.05) is 24.0 Å². The fourth-order valence-corrected chi connectivity index (χ4v) is 4.18. The van der Waals surface area contributed by atoms with Crippen LogP contribution in [0.2, 0.25) is 0 Å². The summed E-state index contributed by atoms with van der Waals surface area (Å²) in [6, 6.07) is 10.3. The summed E-state index contributed by atoms with van der Waals surface area (Å²) in [6.45, 7) is 2.62. The summed E-state index contributed by atoms with van der Waals surface area (Å²) in [4.78, 5) is 32.0. The highest BCUT2D eigenvalue weighted by Gasteiger charge is 2.25. The van der Waals surface area contributed by atoms with Crippen molar-refractivity contribution in [1.29, 1.82) is 0 Å². The molecule has 2 N–H and O–H groups in total. The third-order valence-electron chi connectivity index (χ3n) is 5.76. The molecule has 0 spiro atoms. The van der Waals surface area contributed by atoms with Gasteiger partial charge in [0.15, 0.2) is 0 Å². The van der Waals surface area contributed by atoms with Crippen molar-refractivity contribution in [3.8, 4) is 5.75 Å². The highest BCUT2D eigenvalue weighted by Crippen LogP contribution is 2.28. The average Bonchev–Trinajstić information content (AvgIpc) is 3.21. The number of phenolic OH excluding ortho intramolecular Hbond substituents is 1. The predicted octanol–water partition coefficient (Wildman–Crippen LogP) is 4.09. The Labute approximate surface area is 175 Å². The topological polar surface area (TPSA) is 86.9 Å². The van der Waals surface area contributed by atoms with Crippen molar-refractivity contribution in [2.75, 3.05) is 11.9 Å². The number of nitrogens with zero attached hydrogens (tertiary/aromatic N) is 3. The molecule has 2 heterocycles. The normalized spacial score (nSPS) is 14.6. The lowest BCUT2D eigenvalue weighted by atomic mass is 9.93. The maximum Gasteiger partial charge on any atom is 0.274 e. The molecule has 7 heteroatoms. The lowest BCUT2D eigenvalue weighted by Gasteiger charge is -2.33. The highest BCUT2D eigenvalue weighted by atomic mass is 16.3. The first-order chi connectivity index (χ1) is 14.6. The van der Waals surface area contributed by atoms with Gasteiger partial charge in [-0.15, -0.1) is 0 Å². The Balaban J connectivity index is 1.57. The van der Waals surface area contributed by atoms with Crippen molar-refractivity contribution in [1.82, 2.24) is 14.3 Å². The number of hydrogen-bond donors (Lipinski definition) is 2. The van der Waals surface area contributed by atoms with E-state index in [9.17, 15) is 14.7 Å². The zero-order valence-electron chi connectivity index (χ0n) is 17.0. The van der Waals surface area contributed by atoms with E-state index in [4.69, 9.17) is 0 Å². The second kappa shape index (κ2) is 8.57. The Kier molecular flexibility index (Phi) is 5.70. The molecule has 1 fully saturated rings. The fourth-order valence-electron chi connectivity index (χ4n) is 4.18. The van der Waals surface area contributed by atoms with Crippen molar-refractivity contribution in [3.63, 3.8) is 0 Å². The SMILES string of the molecule is CCN(C(=O)c1ccc(O)c(NC(=O)c2cnc3ccccn23)c1)C1CCCCC1. The molecular weight excluding hydrogens is 380 g/mol. The second-order valence-corrected chi connectivity index (χ2v) is 7.64. The number of carbonyl (C=O) groups excluding carboxylic acids is 2. The van der Waals surface area contributed by atoms with Crippen LogP contribution in [0, 0.1) is 0 Å². The number of nitrogens with one attached hydrogen (secondary N) is 1. The first kappa shape index (κ1) is 19.9. The number of pyridine rings is 1. The number of fused-ring (bicyclic) bond motifs is 1. The summed E-state index contributed by atoms with van der Waals surface area (Å²) in [5.74, 6) is -0.572. The number of hydrogen-bond acceptors (Lipinski definition) is 4. The average molecular weight is 406 g/mol. The monoisotopic (exact) mass is 406 g/mol. The van der Waals surface area contributed by atoms with Crippen LogP contribution in [0.15, 0.2) is 48.8 Å². The predicted molar refractivity (Wildman–Crippen MR) is 115 cm³/mol. The molecule has 0 radical (unpaired) electrons. The summed E-state index contributed by atoms with van der Waals surface area (Å²) < 4.78 is 1.67. The zero-order chi connectivity index (χ0) is 21.1. The van der Waals surface area contributed by atoms with Crippen molar-refractivity contribution >= 4 is 23.1 Å². The number of aromatic hydroxyl groups is 1. The molecule has 0 bridgehead atoms. The van der Waals surface area contributed by atoms with Gasteiger partial charge in [-0.2, -0.15) is 0 Å². The Bertz CT molecular complexity index is 1070. The molecule has 2 aromatic heterocycles. The molecular formula is C23H26N4O3. The molecule has 7 nitrogen and oxygen atoms in total. The van der Waals surface area contributed by atoms with Gasteiger partial charge in [0.2, 0.25) is 0 Å². The van der Waals surface area contributed by atoms with Crippen LogP contribution in [0.5, 0.6) is 5.75 Å². The lowest BCUT2D eigenvalue weighted by molar-refractivity contribution is 0.0647. The lowest BCUT2D eigenvalue weighted by Crippen LogP contribution is -2.41. The smallest absolute Gasteiger partial charge is 0.274 e. The van der Waals surface area contributed by atoms with Crippen LogP contribution < -0.4 is 5.32 Å². The fraction of sp³-hybridized carbons (Fsp3) is 0.348. The van der Waals surface area contributed by atoms with E-state index in [0.29, 0.717) is 23.4 Å². The largest absolute Gasteiger partial charge is 0.506 e. The number of carbonyl (C=O) groups is 2. The molecule has 3 aromatic rings. The van der Waals surface area contributed by atoms with Crippen LogP contribution in [0.4, 0.5) is 5.69 Å². The Morgan fingerprint density at radius 1 is 1.20 bits per heavy atom.